The van der Waals surface area contributed by atoms with E-state index < -0.39 is 18.1 Å². The van der Waals surface area contributed by atoms with Gasteiger partial charge in [-0.3, -0.25) is 4.79 Å². The van der Waals surface area contributed by atoms with E-state index in [0.717, 1.165) is 0 Å². The zero-order valence-corrected chi connectivity index (χ0v) is 7.78. The lowest BCUT2D eigenvalue weighted by Gasteiger charge is -2.19. The molecule has 0 aliphatic rings. The molecule has 0 heterocycles. The van der Waals surface area contributed by atoms with Gasteiger partial charge < -0.3 is 15.6 Å². The molecule has 0 aliphatic carbocycles. The molecule has 0 aromatic rings. The van der Waals surface area contributed by atoms with Crippen molar-refractivity contribution in [3.8, 4) is 0 Å². The monoisotopic (exact) mass is 175 g/mol. The van der Waals surface area contributed by atoms with Gasteiger partial charge in [-0.15, -0.1) is 0 Å². The fraction of sp³-hybridized carbons (Fsp3) is 0.875. The highest BCUT2D eigenvalue weighted by atomic mass is 16.5. The highest BCUT2D eigenvalue weighted by Crippen LogP contribution is 2.05. The summed E-state index contributed by atoms with van der Waals surface area (Å²) in [6, 6.07) is -0.926. The van der Waals surface area contributed by atoms with Gasteiger partial charge in [0.15, 0.2) is 0 Å². The van der Waals surface area contributed by atoms with Crippen molar-refractivity contribution in [2.45, 2.75) is 32.9 Å². The van der Waals surface area contributed by atoms with Gasteiger partial charge in [0.05, 0.1) is 12.7 Å². The predicted molar refractivity (Wildman–Crippen MR) is 45.5 cm³/mol. The van der Waals surface area contributed by atoms with Crippen LogP contribution in [0.5, 0.6) is 0 Å². The first kappa shape index (κ1) is 11.4. The Morgan fingerprint density at radius 1 is 1.58 bits per heavy atom. The number of ether oxygens (including phenoxy) is 1. The lowest BCUT2D eigenvalue weighted by molar-refractivity contribution is -0.148. The summed E-state index contributed by atoms with van der Waals surface area (Å²) in [6.45, 7) is 5.58. The first-order chi connectivity index (χ1) is 5.50. The van der Waals surface area contributed by atoms with Crippen molar-refractivity contribution in [1.29, 1.82) is 0 Å². The Kier molecular flexibility index (Phi) is 4.85. The average Bonchev–Trinajstić information content (AvgIpc) is 2.02. The number of rotatable bonds is 4. The van der Waals surface area contributed by atoms with Gasteiger partial charge in [-0.05, 0) is 12.8 Å². The Morgan fingerprint density at radius 2 is 2.08 bits per heavy atom. The number of carbonyl (C=O) groups excluding carboxylic acids is 1. The average molecular weight is 175 g/mol. The second-order valence-corrected chi connectivity index (χ2v) is 3.01. The van der Waals surface area contributed by atoms with Crippen LogP contribution >= 0.6 is 0 Å². The molecule has 0 saturated carbocycles. The van der Waals surface area contributed by atoms with Crippen molar-refractivity contribution in [1.82, 2.24) is 0 Å². The first-order valence-corrected chi connectivity index (χ1v) is 4.11. The van der Waals surface area contributed by atoms with Crippen LogP contribution in [0.3, 0.4) is 0 Å². The number of aliphatic hydroxyl groups excluding tert-OH is 1. The number of carbonyl (C=O) groups is 1. The molecular weight excluding hydrogens is 158 g/mol. The molecule has 0 fully saturated rings. The maximum atomic E-state index is 11.0. The van der Waals surface area contributed by atoms with Gasteiger partial charge in [0.2, 0.25) is 0 Å². The van der Waals surface area contributed by atoms with E-state index in [9.17, 15) is 9.90 Å². The Labute approximate surface area is 72.7 Å². The standard InChI is InChI=1S/C8H17NO3/c1-4-12-8(11)6(9)7(10)5(2)3/h5-7,10H,4,9H2,1-3H3/t6-,7?/m0/s1. The Hall–Kier alpha value is -0.610. The predicted octanol–water partition coefficient (Wildman–Crippen LogP) is -0.106. The fourth-order valence-electron chi connectivity index (χ4n) is 0.793. The molecule has 0 aromatic heterocycles. The SMILES string of the molecule is CCOC(=O)[C@@H](N)C(O)C(C)C. The Morgan fingerprint density at radius 3 is 2.42 bits per heavy atom. The van der Waals surface area contributed by atoms with Crippen LogP contribution in [0.1, 0.15) is 20.8 Å². The van der Waals surface area contributed by atoms with Gasteiger partial charge in [-0.2, -0.15) is 0 Å². The number of hydrogen-bond donors (Lipinski definition) is 2. The summed E-state index contributed by atoms with van der Waals surface area (Å²) in [5, 5.41) is 9.37. The molecular formula is C8H17NO3. The maximum Gasteiger partial charge on any atom is 0.325 e. The summed E-state index contributed by atoms with van der Waals surface area (Å²) in [5.41, 5.74) is 5.42. The number of hydrogen-bond acceptors (Lipinski definition) is 4. The lowest BCUT2D eigenvalue weighted by atomic mass is 10.0. The van der Waals surface area contributed by atoms with Crippen LogP contribution in [0.25, 0.3) is 0 Å². The molecule has 0 rings (SSSR count). The van der Waals surface area contributed by atoms with E-state index in [2.05, 4.69) is 4.74 Å². The van der Waals surface area contributed by atoms with Crippen LogP contribution in [0.4, 0.5) is 0 Å². The smallest absolute Gasteiger partial charge is 0.325 e. The minimum atomic E-state index is -0.926. The van der Waals surface area contributed by atoms with Crippen molar-refractivity contribution < 1.29 is 14.6 Å². The fourth-order valence-corrected chi connectivity index (χ4v) is 0.793. The topological polar surface area (TPSA) is 72.5 Å². The summed E-state index contributed by atoms with van der Waals surface area (Å²) >= 11 is 0. The highest BCUT2D eigenvalue weighted by molar-refractivity contribution is 5.76. The van der Waals surface area contributed by atoms with Crippen LogP contribution in [-0.4, -0.2) is 29.8 Å². The third-order valence-electron chi connectivity index (χ3n) is 1.61. The summed E-state index contributed by atoms with van der Waals surface area (Å²) in [4.78, 5) is 11.0. The van der Waals surface area contributed by atoms with E-state index in [1.54, 1.807) is 20.8 Å². The minimum Gasteiger partial charge on any atom is -0.465 e. The normalized spacial score (nSPS) is 15.8. The third-order valence-corrected chi connectivity index (χ3v) is 1.61. The molecule has 0 spiro atoms. The van der Waals surface area contributed by atoms with Crippen LogP contribution in [0, 0.1) is 5.92 Å². The molecule has 3 N–H and O–H groups in total. The maximum absolute atomic E-state index is 11.0. The molecule has 0 saturated heterocycles. The van der Waals surface area contributed by atoms with Gasteiger partial charge in [-0.1, -0.05) is 13.8 Å². The molecule has 12 heavy (non-hydrogen) atoms. The van der Waals surface area contributed by atoms with Crippen LogP contribution < -0.4 is 5.73 Å². The summed E-state index contributed by atoms with van der Waals surface area (Å²) in [7, 11) is 0. The molecule has 4 nitrogen and oxygen atoms in total. The van der Waals surface area contributed by atoms with Crippen LogP contribution in [0.2, 0.25) is 0 Å². The first-order valence-electron chi connectivity index (χ1n) is 4.11. The highest BCUT2D eigenvalue weighted by Gasteiger charge is 2.25. The van der Waals surface area contributed by atoms with Crippen molar-refractivity contribution >= 4 is 5.97 Å². The van der Waals surface area contributed by atoms with Crippen molar-refractivity contribution in [2.75, 3.05) is 6.61 Å². The number of nitrogens with two attached hydrogens (primary N) is 1. The summed E-state index contributed by atoms with van der Waals surface area (Å²) in [6.07, 6.45) is -0.830. The van der Waals surface area contributed by atoms with Gasteiger partial charge >= 0.3 is 5.97 Å². The zero-order valence-electron chi connectivity index (χ0n) is 7.78. The van der Waals surface area contributed by atoms with Gasteiger partial charge in [-0.25, -0.2) is 0 Å². The van der Waals surface area contributed by atoms with E-state index in [1.165, 1.54) is 0 Å². The molecule has 0 aromatic carbocycles. The van der Waals surface area contributed by atoms with Crippen LogP contribution in [0.15, 0.2) is 0 Å². The second kappa shape index (κ2) is 5.11. The van der Waals surface area contributed by atoms with Gasteiger partial charge in [0, 0.05) is 0 Å². The number of esters is 1. The Balaban J connectivity index is 4.00. The molecule has 4 heteroatoms. The van der Waals surface area contributed by atoms with Crippen molar-refractivity contribution in [3.63, 3.8) is 0 Å². The van der Waals surface area contributed by atoms with E-state index in [0.29, 0.717) is 0 Å². The van der Waals surface area contributed by atoms with Crippen molar-refractivity contribution in [2.24, 2.45) is 11.7 Å². The summed E-state index contributed by atoms with van der Waals surface area (Å²) in [5.74, 6) is -0.580. The van der Waals surface area contributed by atoms with E-state index >= 15 is 0 Å². The van der Waals surface area contributed by atoms with E-state index in [1.807, 2.05) is 0 Å². The van der Waals surface area contributed by atoms with E-state index in [4.69, 9.17) is 5.73 Å². The molecule has 0 bridgehead atoms. The molecule has 72 valence electrons. The molecule has 0 radical (unpaired) electrons. The van der Waals surface area contributed by atoms with Gasteiger partial charge in [0.25, 0.3) is 0 Å². The molecule has 0 amide bonds. The van der Waals surface area contributed by atoms with E-state index in [-0.39, 0.29) is 12.5 Å². The quantitative estimate of drug-likeness (QED) is 0.585. The second-order valence-electron chi connectivity index (χ2n) is 3.01. The van der Waals surface area contributed by atoms with Crippen molar-refractivity contribution in [3.05, 3.63) is 0 Å². The molecule has 2 atom stereocenters. The summed E-state index contributed by atoms with van der Waals surface area (Å²) < 4.78 is 4.65. The largest absolute Gasteiger partial charge is 0.465 e. The molecule has 1 unspecified atom stereocenters. The Bertz CT molecular complexity index is 147. The third kappa shape index (κ3) is 3.19. The number of aliphatic hydroxyl groups is 1. The minimum absolute atomic E-state index is 0.0376. The lowest BCUT2D eigenvalue weighted by Crippen LogP contribution is -2.45. The molecule has 0 aliphatic heterocycles. The zero-order chi connectivity index (χ0) is 9.72. The van der Waals surface area contributed by atoms with Gasteiger partial charge in [0.1, 0.15) is 6.04 Å². The van der Waals surface area contributed by atoms with Crippen LogP contribution in [-0.2, 0) is 9.53 Å².